The van der Waals surface area contributed by atoms with Gasteiger partial charge < -0.3 is 5.73 Å². The number of nitrogens with two attached hydrogens (primary N) is 1. The molecular formula is C15H19BrN. The van der Waals surface area contributed by atoms with Gasteiger partial charge in [0.1, 0.15) is 0 Å². The fraction of sp³-hybridized carbons (Fsp3) is 0.333. The van der Waals surface area contributed by atoms with Crippen molar-refractivity contribution < 1.29 is 0 Å². The Morgan fingerprint density at radius 1 is 1.35 bits per heavy atom. The van der Waals surface area contributed by atoms with Gasteiger partial charge in [0.05, 0.1) is 0 Å². The van der Waals surface area contributed by atoms with Crippen molar-refractivity contribution in [1.29, 1.82) is 0 Å². The molecule has 1 aromatic carbocycles. The van der Waals surface area contributed by atoms with Gasteiger partial charge >= 0.3 is 0 Å². The Morgan fingerprint density at radius 2 is 2.00 bits per heavy atom. The largest absolute Gasteiger partial charge is 0.321 e. The first-order valence-corrected chi connectivity index (χ1v) is 6.86. The van der Waals surface area contributed by atoms with Crippen molar-refractivity contribution in [3.8, 4) is 0 Å². The molecule has 0 heterocycles. The van der Waals surface area contributed by atoms with E-state index >= 15 is 0 Å². The second kappa shape index (κ2) is 6.77. The fourth-order valence-electron chi connectivity index (χ4n) is 1.88. The Bertz CT molecular complexity index is 374. The van der Waals surface area contributed by atoms with E-state index in [1.165, 1.54) is 5.56 Å². The van der Waals surface area contributed by atoms with Crippen molar-refractivity contribution in [3.63, 3.8) is 0 Å². The molecule has 0 spiro atoms. The van der Waals surface area contributed by atoms with E-state index in [1.807, 2.05) is 18.2 Å². The summed E-state index contributed by atoms with van der Waals surface area (Å²) < 4.78 is 0. The van der Waals surface area contributed by atoms with Gasteiger partial charge in [0, 0.05) is 10.9 Å². The third-order valence-electron chi connectivity index (χ3n) is 2.80. The first kappa shape index (κ1) is 14.2. The molecule has 1 nitrogen and oxygen atoms in total. The highest BCUT2D eigenvalue weighted by atomic mass is 79.9. The zero-order valence-corrected chi connectivity index (χ0v) is 11.7. The Hall–Kier alpha value is -0.860. The molecule has 1 radical (unpaired) electrons. The Labute approximate surface area is 113 Å². The highest BCUT2D eigenvalue weighted by molar-refractivity contribution is 9.09. The summed E-state index contributed by atoms with van der Waals surface area (Å²) in [7, 11) is 0. The maximum atomic E-state index is 6.42. The molecular weight excluding hydrogens is 274 g/mol. The molecule has 0 fully saturated rings. The van der Waals surface area contributed by atoms with E-state index in [9.17, 15) is 0 Å². The summed E-state index contributed by atoms with van der Waals surface area (Å²) in [6.07, 6.45) is 6.17. The predicted molar refractivity (Wildman–Crippen MR) is 78.3 cm³/mol. The Kier molecular flexibility index (Phi) is 5.66. The van der Waals surface area contributed by atoms with Gasteiger partial charge in [-0.15, -0.1) is 13.2 Å². The fourth-order valence-corrected chi connectivity index (χ4v) is 2.34. The van der Waals surface area contributed by atoms with E-state index in [0.29, 0.717) is 0 Å². The summed E-state index contributed by atoms with van der Waals surface area (Å²) in [5, 5.41) is 0.955. The summed E-state index contributed by atoms with van der Waals surface area (Å²) in [4.78, 5) is 0. The van der Waals surface area contributed by atoms with E-state index in [2.05, 4.69) is 47.3 Å². The number of aryl methyl sites for hydroxylation is 1. The molecule has 0 aliphatic rings. The zero-order valence-electron chi connectivity index (χ0n) is 10.1. The van der Waals surface area contributed by atoms with E-state index in [1.54, 1.807) is 0 Å². The van der Waals surface area contributed by atoms with Crippen LogP contribution >= 0.6 is 15.9 Å². The van der Waals surface area contributed by atoms with Crippen LogP contribution in [0, 0.1) is 6.07 Å². The third-order valence-corrected chi connectivity index (χ3v) is 3.20. The molecule has 2 N–H and O–H groups in total. The average Bonchev–Trinajstić information content (AvgIpc) is 2.30. The lowest BCUT2D eigenvalue weighted by Gasteiger charge is -2.28. The van der Waals surface area contributed by atoms with Crippen LogP contribution in [0.3, 0.4) is 0 Å². The molecule has 0 unspecified atom stereocenters. The number of benzene rings is 1. The van der Waals surface area contributed by atoms with Gasteiger partial charge in [-0.25, -0.2) is 0 Å². The molecule has 0 bridgehead atoms. The third kappa shape index (κ3) is 3.83. The summed E-state index contributed by atoms with van der Waals surface area (Å²) >= 11 is 3.45. The smallest absolute Gasteiger partial charge is 0.0485 e. The second-order valence-electron chi connectivity index (χ2n) is 4.19. The number of halogens is 1. The van der Waals surface area contributed by atoms with Crippen LogP contribution in [0.2, 0.25) is 0 Å². The number of hydrogen-bond donors (Lipinski definition) is 1. The van der Waals surface area contributed by atoms with Crippen LogP contribution < -0.4 is 5.73 Å². The average molecular weight is 293 g/mol. The minimum atomic E-state index is -0.425. The number of rotatable bonds is 7. The molecule has 17 heavy (non-hydrogen) atoms. The van der Waals surface area contributed by atoms with Crippen LogP contribution in [-0.2, 0) is 12.0 Å². The molecule has 1 rings (SSSR count). The van der Waals surface area contributed by atoms with Gasteiger partial charge in [-0.3, -0.25) is 0 Å². The molecule has 0 saturated heterocycles. The van der Waals surface area contributed by atoms with Crippen LogP contribution in [-0.4, -0.2) is 5.33 Å². The summed E-state index contributed by atoms with van der Waals surface area (Å²) in [6, 6.07) is 9.40. The standard InChI is InChI=1S/C15H19BrN/c1-3-9-15(17,10-4-2)14-7-5-6-13(12-14)8-11-16/h3-6,12H,1-2,8-11,17H2. The molecule has 1 aromatic rings. The second-order valence-corrected chi connectivity index (χ2v) is 4.98. The minimum absolute atomic E-state index is 0.425. The lowest BCUT2D eigenvalue weighted by molar-refractivity contribution is 0.455. The van der Waals surface area contributed by atoms with Crippen molar-refractivity contribution in [2.75, 3.05) is 5.33 Å². The normalized spacial score (nSPS) is 11.2. The molecule has 2 heteroatoms. The van der Waals surface area contributed by atoms with Crippen LogP contribution in [0.4, 0.5) is 0 Å². The lowest BCUT2D eigenvalue weighted by Crippen LogP contribution is -2.35. The van der Waals surface area contributed by atoms with E-state index in [0.717, 1.165) is 30.2 Å². The Morgan fingerprint density at radius 3 is 2.53 bits per heavy atom. The van der Waals surface area contributed by atoms with Crippen molar-refractivity contribution in [2.45, 2.75) is 24.8 Å². The number of hydrogen-bond acceptors (Lipinski definition) is 1. The summed E-state index contributed by atoms with van der Waals surface area (Å²) in [5.74, 6) is 0. The monoisotopic (exact) mass is 292 g/mol. The SMILES string of the molecule is C=CCC(N)(CC=C)c1[c]ccc(CCBr)c1. The molecule has 0 amide bonds. The molecule has 91 valence electrons. The van der Waals surface area contributed by atoms with E-state index in [4.69, 9.17) is 5.73 Å². The first-order valence-electron chi connectivity index (χ1n) is 5.74. The van der Waals surface area contributed by atoms with E-state index in [-0.39, 0.29) is 0 Å². The van der Waals surface area contributed by atoms with Crippen molar-refractivity contribution in [1.82, 2.24) is 0 Å². The van der Waals surface area contributed by atoms with Crippen LogP contribution in [0.25, 0.3) is 0 Å². The first-order chi connectivity index (χ1) is 8.16. The van der Waals surface area contributed by atoms with Crippen LogP contribution in [0.15, 0.2) is 43.5 Å². The van der Waals surface area contributed by atoms with Gasteiger partial charge in [-0.1, -0.05) is 46.3 Å². The maximum Gasteiger partial charge on any atom is 0.0485 e. The highest BCUT2D eigenvalue weighted by Crippen LogP contribution is 2.27. The molecule has 0 saturated carbocycles. The van der Waals surface area contributed by atoms with Crippen molar-refractivity contribution in [3.05, 3.63) is 60.7 Å². The van der Waals surface area contributed by atoms with Crippen molar-refractivity contribution >= 4 is 15.9 Å². The van der Waals surface area contributed by atoms with Crippen LogP contribution in [0.5, 0.6) is 0 Å². The van der Waals surface area contributed by atoms with Gasteiger partial charge in [-0.2, -0.15) is 0 Å². The summed E-state index contributed by atoms with van der Waals surface area (Å²) in [5.41, 5.74) is 8.31. The van der Waals surface area contributed by atoms with Gasteiger partial charge in [0.2, 0.25) is 0 Å². The highest BCUT2D eigenvalue weighted by Gasteiger charge is 2.24. The molecule has 0 atom stereocenters. The molecule has 0 aliphatic heterocycles. The maximum absolute atomic E-state index is 6.42. The number of alkyl halides is 1. The van der Waals surface area contributed by atoms with Crippen molar-refractivity contribution in [2.24, 2.45) is 5.73 Å². The quantitative estimate of drug-likeness (QED) is 0.601. The summed E-state index contributed by atoms with van der Waals surface area (Å²) in [6.45, 7) is 7.55. The molecule has 0 aromatic heterocycles. The van der Waals surface area contributed by atoms with Gasteiger partial charge in [0.25, 0.3) is 0 Å². The lowest BCUT2D eigenvalue weighted by atomic mass is 9.84. The van der Waals surface area contributed by atoms with Gasteiger partial charge in [0.15, 0.2) is 0 Å². The van der Waals surface area contributed by atoms with Gasteiger partial charge in [-0.05, 0) is 36.5 Å². The zero-order chi connectivity index (χ0) is 12.7. The van der Waals surface area contributed by atoms with Crippen LogP contribution in [0.1, 0.15) is 24.0 Å². The Balaban J connectivity index is 3.04. The van der Waals surface area contributed by atoms with E-state index < -0.39 is 5.54 Å². The minimum Gasteiger partial charge on any atom is -0.321 e. The predicted octanol–water partition coefficient (Wildman–Crippen LogP) is 3.73. The molecule has 0 aliphatic carbocycles. The topological polar surface area (TPSA) is 26.0 Å².